The van der Waals surface area contributed by atoms with Crippen molar-refractivity contribution in [2.24, 2.45) is 10.9 Å². The van der Waals surface area contributed by atoms with Gasteiger partial charge in [0.05, 0.1) is 6.04 Å². The van der Waals surface area contributed by atoms with Crippen LogP contribution in [-0.4, -0.2) is 33.8 Å². The van der Waals surface area contributed by atoms with E-state index in [1.165, 1.54) is 0 Å². The molecule has 0 spiro atoms. The summed E-state index contributed by atoms with van der Waals surface area (Å²) in [6, 6.07) is -0.181. The Bertz CT molecular complexity index is 336. The molecule has 7 heteroatoms. The number of hydrogen-bond donors (Lipinski definition) is 3. The van der Waals surface area contributed by atoms with Gasteiger partial charge in [0, 0.05) is 13.0 Å². The van der Waals surface area contributed by atoms with Gasteiger partial charge in [0.1, 0.15) is 0 Å². The zero-order valence-corrected chi connectivity index (χ0v) is 8.77. The molecule has 4 N–H and O–H groups in total. The van der Waals surface area contributed by atoms with Crippen molar-refractivity contribution in [2.75, 3.05) is 6.54 Å². The normalized spacial score (nSPS) is 14.1. The van der Waals surface area contributed by atoms with Gasteiger partial charge in [0.25, 0.3) is 0 Å². The minimum Gasteiger partial charge on any atom is -0.409 e. The summed E-state index contributed by atoms with van der Waals surface area (Å²) in [4.78, 5) is 4.04. The molecule has 0 aliphatic rings. The molecule has 1 atom stereocenters. The molecule has 84 valence electrons. The van der Waals surface area contributed by atoms with Crippen LogP contribution in [0.1, 0.15) is 18.6 Å². The van der Waals surface area contributed by atoms with Crippen molar-refractivity contribution in [1.82, 2.24) is 15.5 Å². The zero-order chi connectivity index (χ0) is 11.3. The Kier molecular flexibility index (Phi) is 4.04. The van der Waals surface area contributed by atoms with Crippen LogP contribution in [0.25, 0.3) is 0 Å². The predicted octanol–water partition coefficient (Wildman–Crippen LogP) is -0.355. The number of rotatable bonds is 5. The minimum atomic E-state index is -0.181. The maximum absolute atomic E-state index is 8.41. The highest BCUT2D eigenvalue weighted by atomic mass is 16.5. The first-order valence-electron chi connectivity index (χ1n) is 4.63. The summed E-state index contributed by atoms with van der Waals surface area (Å²) in [5, 5.41) is 18.0. The van der Waals surface area contributed by atoms with Gasteiger partial charge in [-0.05, 0) is 13.8 Å². The maximum atomic E-state index is 8.41. The molecular weight excluding hydrogens is 198 g/mol. The first-order valence-corrected chi connectivity index (χ1v) is 4.63. The van der Waals surface area contributed by atoms with Crippen LogP contribution in [0.15, 0.2) is 9.68 Å². The van der Waals surface area contributed by atoms with Gasteiger partial charge in [-0.25, -0.2) is 0 Å². The third-order valence-electron chi connectivity index (χ3n) is 1.92. The van der Waals surface area contributed by atoms with E-state index < -0.39 is 0 Å². The smallest absolute Gasteiger partial charge is 0.227 e. The van der Waals surface area contributed by atoms with Crippen LogP contribution in [-0.2, 0) is 6.42 Å². The molecule has 0 bridgehead atoms. The highest BCUT2D eigenvalue weighted by molar-refractivity contribution is 5.84. The number of aromatic nitrogens is 2. The van der Waals surface area contributed by atoms with Crippen molar-refractivity contribution < 1.29 is 9.73 Å². The molecule has 1 heterocycles. The summed E-state index contributed by atoms with van der Waals surface area (Å²) in [7, 11) is 0. The number of hydrogen-bond acceptors (Lipinski definition) is 6. The van der Waals surface area contributed by atoms with Crippen LogP contribution in [0.5, 0.6) is 0 Å². The van der Waals surface area contributed by atoms with Crippen LogP contribution in [0, 0.1) is 6.92 Å². The lowest BCUT2D eigenvalue weighted by Gasteiger charge is -2.10. The number of nitrogens with one attached hydrogen (secondary N) is 1. The van der Waals surface area contributed by atoms with Crippen molar-refractivity contribution in [3.63, 3.8) is 0 Å². The molecule has 1 aromatic heterocycles. The van der Waals surface area contributed by atoms with Crippen LogP contribution in [0.2, 0.25) is 0 Å². The minimum absolute atomic E-state index is 0.150. The molecular formula is C8H15N5O2. The monoisotopic (exact) mass is 213 g/mol. The van der Waals surface area contributed by atoms with Crippen molar-refractivity contribution >= 4 is 5.84 Å². The number of oxime groups is 1. The third kappa shape index (κ3) is 3.55. The van der Waals surface area contributed by atoms with E-state index in [0.717, 1.165) is 0 Å². The van der Waals surface area contributed by atoms with E-state index in [1.54, 1.807) is 13.8 Å². The Morgan fingerprint density at radius 3 is 3.00 bits per heavy atom. The quantitative estimate of drug-likeness (QED) is 0.267. The maximum Gasteiger partial charge on any atom is 0.227 e. The van der Waals surface area contributed by atoms with E-state index in [2.05, 4.69) is 20.6 Å². The van der Waals surface area contributed by atoms with E-state index in [1.807, 2.05) is 0 Å². The summed E-state index contributed by atoms with van der Waals surface area (Å²) in [5.41, 5.74) is 5.39. The summed E-state index contributed by atoms with van der Waals surface area (Å²) in [6.45, 7) is 4.19. The van der Waals surface area contributed by atoms with Crippen molar-refractivity contribution in [1.29, 1.82) is 0 Å². The molecule has 1 aromatic rings. The predicted molar refractivity (Wildman–Crippen MR) is 53.6 cm³/mol. The molecule has 15 heavy (non-hydrogen) atoms. The molecule has 0 saturated heterocycles. The van der Waals surface area contributed by atoms with Gasteiger partial charge in [-0.15, -0.1) is 0 Å². The average Bonchev–Trinajstić information content (AvgIpc) is 2.63. The lowest BCUT2D eigenvalue weighted by atomic mass is 10.3. The van der Waals surface area contributed by atoms with Gasteiger partial charge >= 0.3 is 0 Å². The van der Waals surface area contributed by atoms with Gasteiger partial charge < -0.3 is 20.8 Å². The molecule has 0 radical (unpaired) electrons. The largest absolute Gasteiger partial charge is 0.409 e. The first-order chi connectivity index (χ1) is 7.13. The Morgan fingerprint density at radius 2 is 2.47 bits per heavy atom. The van der Waals surface area contributed by atoms with E-state index in [-0.39, 0.29) is 11.9 Å². The number of aryl methyl sites for hydroxylation is 1. The van der Waals surface area contributed by atoms with E-state index in [0.29, 0.717) is 24.7 Å². The van der Waals surface area contributed by atoms with Crippen LogP contribution in [0.3, 0.4) is 0 Å². The summed E-state index contributed by atoms with van der Waals surface area (Å²) >= 11 is 0. The summed E-state index contributed by atoms with van der Waals surface area (Å²) in [5.74, 6) is 1.35. The molecule has 0 aliphatic carbocycles. The Hall–Kier alpha value is -1.63. The van der Waals surface area contributed by atoms with Gasteiger partial charge in [-0.1, -0.05) is 10.3 Å². The van der Waals surface area contributed by atoms with Gasteiger partial charge in [-0.2, -0.15) is 4.98 Å². The second-order valence-electron chi connectivity index (χ2n) is 3.19. The van der Waals surface area contributed by atoms with Crippen molar-refractivity contribution in [3.8, 4) is 0 Å². The molecule has 1 rings (SSSR count). The standard InChI is InChI=1S/C8H15N5O2/c1-5(8(9)12-14)10-4-3-7-11-6(2)13-15-7/h5,10,14H,3-4H2,1-2H3,(H2,9,12). The van der Waals surface area contributed by atoms with Crippen molar-refractivity contribution in [3.05, 3.63) is 11.7 Å². The lowest BCUT2D eigenvalue weighted by Crippen LogP contribution is -2.39. The molecule has 0 aliphatic heterocycles. The lowest BCUT2D eigenvalue weighted by molar-refractivity contribution is 0.315. The van der Waals surface area contributed by atoms with Crippen LogP contribution < -0.4 is 11.1 Å². The molecule has 0 fully saturated rings. The van der Waals surface area contributed by atoms with E-state index in [9.17, 15) is 0 Å². The van der Waals surface area contributed by atoms with Crippen LogP contribution in [0.4, 0.5) is 0 Å². The SMILES string of the molecule is Cc1noc(CCNC(C)C(N)=NO)n1. The second-order valence-corrected chi connectivity index (χ2v) is 3.19. The fourth-order valence-electron chi connectivity index (χ4n) is 1.03. The molecule has 0 aromatic carbocycles. The van der Waals surface area contributed by atoms with Crippen LogP contribution >= 0.6 is 0 Å². The Labute approximate surface area is 87.3 Å². The van der Waals surface area contributed by atoms with E-state index in [4.69, 9.17) is 15.5 Å². The number of nitrogens with two attached hydrogens (primary N) is 1. The highest BCUT2D eigenvalue weighted by Crippen LogP contribution is 1.95. The first kappa shape index (κ1) is 11.4. The van der Waals surface area contributed by atoms with Gasteiger partial charge in [0.2, 0.25) is 5.89 Å². The van der Waals surface area contributed by atoms with E-state index >= 15 is 0 Å². The summed E-state index contributed by atoms with van der Waals surface area (Å²) < 4.78 is 4.92. The third-order valence-corrected chi connectivity index (χ3v) is 1.92. The average molecular weight is 213 g/mol. The van der Waals surface area contributed by atoms with Gasteiger partial charge in [-0.3, -0.25) is 0 Å². The van der Waals surface area contributed by atoms with Gasteiger partial charge in [0.15, 0.2) is 11.7 Å². The fourth-order valence-corrected chi connectivity index (χ4v) is 1.03. The second kappa shape index (κ2) is 5.30. The number of nitrogens with zero attached hydrogens (tertiary/aromatic N) is 3. The summed E-state index contributed by atoms with van der Waals surface area (Å²) in [6.07, 6.45) is 0.615. The fraction of sp³-hybridized carbons (Fsp3) is 0.625. The molecule has 1 unspecified atom stereocenters. The zero-order valence-electron chi connectivity index (χ0n) is 8.77. The highest BCUT2D eigenvalue weighted by Gasteiger charge is 2.07. The molecule has 7 nitrogen and oxygen atoms in total. The van der Waals surface area contributed by atoms with Crippen molar-refractivity contribution in [2.45, 2.75) is 26.3 Å². The molecule has 0 amide bonds. The Balaban J connectivity index is 2.27. The Morgan fingerprint density at radius 1 is 1.73 bits per heavy atom. The topological polar surface area (TPSA) is 110 Å². The molecule has 0 saturated carbocycles. The number of amidine groups is 1.